The van der Waals surface area contributed by atoms with E-state index in [1.165, 1.54) is 37.7 Å². The third-order valence-corrected chi connectivity index (χ3v) is 8.83. The molecule has 1 unspecified atom stereocenters. The van der Waals surface area contributed by atoms with Gasteiger partial charge < -0.3 is 19.6 Å². The van der Waals surface area contributed by atoms with Crippen molar-refractivity contribution >= 4 is 32.8 Å². The quantitative estimate of drug-likeness (QED) is 0.140. The highest BCUT2D eigenvalue weighted by molar-refractivity contribution is 7.91. The van der Waals surface area contributed by atoms with Crippen LogP contribution in [-0.2, 0) is 27.3 Å². The summed E-state index contributed by atoms with van der Waals surface area (Å²) in [6.45, 7) is 4.39. The summed E-state index contributed by atoms with van der Waals surface area (Å²) >= 11 is 0. The van der Waals surface area contributed by atoms with Crippen LogP contribution in [0.3, 0.4) is 0 Å². The summed E-state index contributed by atoms with van der Waals surface area (Å²) in [5, 5.41) is 11.4. The van der Waals surface area contributed by atoms with Gasteiger partial charge in [-0.1, -0.05) is 24.3 Å². The summed E-state index contributed by atoms with van der Waals surface area (Å²) in [6, 6.07) is 11.7. The molecular formula is C32H29F4N5O6S. The average Bonchev–Trinajstić information content (AvgIpc) is 3.46. The molecule has 48 heavy (non-hydrogen) atoms. The standard InChI is InChI=1S/C32H29F4N5O6S/c1-31(2,3)47-30(43)41(17-18-10-12-23(37-14-18)32(34,35)36)24-13-11-20(28(33)40-24)26(42)21-15-38-29-25(21)27(22(46-4)16-39-29)48(44,45)19-8-6-5-7-9-19/h5-16,26,42H,17H2,1-4H3,(H,38,39). The van der Waals surface area contributed by atoms with E-state index in [2.05, 4.69) is 19.9 Å². The molecule has 4 aromatic heterocycles. The predicted molar refractivity (Wildman–Crippen MR) is 164 cm³/mol. The van der Waals surface area contributed by atoms with Crippen molar-refractivity contribution in [3.63, 3.8) is 0 Å². The zero-order valence-corrected chi connectivity index (χ0v) is 26.7. The number of amides is 1. The molecule has 11 nitrogen and oxygen atoms in total. The number of aliphatic hydroxyl groups excluding tert-OH is 1. The van der Waals surface area contributed by atoms with Gasteiger partial charge in [0.2, 0.25) is 15.8 Å². The third kappa shape index (κ3) is 6.94. The Morgan fingerprint density at radius 1 is 1.00 bits per heavy atom. The Balaban J connectivity index is 1.55. The maximum absolute atomic E-state index is 15.8. The van der Waals surface area contributed by atoms with E-state index in [9.17, 15) is 31.5 Å². The van der Waals surface area contributed by atoms with E-state index >= 15 is 4.39 Å². The van der Waals surface area contributed by atoms with Crippen molar-refractivity contribution in [2.75, 3.05) is 12.0 Å². The number of aromatic nitrogens is 4. The summed E-state index contributed by atoms with van der Waals surface area (Å²) in [6.07, 6.45) is -4.03. The molecule has 1 amide bonds. The number of carbonyl (C=O) groups excluding carboxylic acids is 1. The summed E-state index contributed by atoms with van der Waals surface area (Å²) in [5.74, 6) is -1.62. The van der Waals surface area contributed by atoms with Crippen molar-refractivity contribution in [1.29, 1.82) is 0 Å². The smallest absolute Gasteiger partial charge is 0.433 e. The lowest BCUT2D eigenvalue weighted by molar-refractivity contribution is -0.141. The van der Waals surface area contributed by atoms with Gasteiger partial charge >= 0.3 is 12.3 Å². The Morgan fingerprint density at radius 2 is 1.71 bits per heavy atom. The number of anilines is 1. The first-order chi connectivity index (χ1) is 22.5. The fourth-order valence-corrected chi connectivity index (χ4v) is 6.43. The highest BCUT2D eigenvalue weighted by Crippen LogP contribution is 2.40. The summed E-state index contributed by atoms with van der Waals surface area (Å²) in [5.41, 5.74) is -2.34. The van der Waals surface area contributed by atoms with Gasteiger partial charge in [-0.05, 0) is 56.7 Å². The first-order valence-corrected chi connectivity index (χ1v) is 15.7. The van der Waals surface area contributed by atoms with Gasteiger partial charge in [-0.2, -0.15) is 17.6 Å². The lowest BCUT2D eigenvalue weighted by atomic mass is 10.0. The number of pyridine rings is 3. The minimum absolute atomic E-state index is 0.0423. The van der Waals surface area contributed by atoms with Crippen molar-refractivity contribution in [3.8, 4) is 5.75 Å². The second-order valence-electron chi connectivity index (χ2n) is 11.5. The normalized spacial score (nSPS) is 12.9. The summed E-state index contributed by atoms with van der Waals surface area (Å²) < 4.78 is 93.2. The Morgan fingerprint density at radius 3 is 2.29 bits per heavy atom. The van der Waals surface area contributed by atoms with Gasteiger partial charge in [-0.15, -0.1) is 0 Å². The molecule has 1 aromatic carbocycles. The van der Waals surface area contributed by atoms with Crippen molar-refractivity contribution in [1.82, 2.24) is 19.9 Å². The number of sulfone groups is 1. The Bertz CT molecular complexity index is 2070. The highest BCUT2D eigenvalue weighted by atomic mass is 32.2. The molecule has 0 bridgehead atoms. The Labute approximate surface area is 272 Å². The monoisotopic (exact) mass is 687 g/mol. The average molecular weight is 688 g/mol. The van der Waals surface area contributed by atoms with E-state index in [4.69, 9.17) is 9.47 Å². The number of benzene rings is 1. The van der Waals surface area contributed by atoms with Crippen LogP contribution in [0.5, 0.6) is 5.75 Å². The fourth-order valence-electron chi connectivity index (χ4n) is 4.80. The van der Waals surface area contributed by atoms with Crippen LogP contribution in [0.25, 0.3) is 11.0 Å². The van der Waals surface area contributed by atoms with Crippen molar-refractivity contribution in [3.05, 3.63) is 102 Å². The van der Waals surface area contributed by atoms with Gasteiger partial charge in [-0.3, -0.25) is 9.88 Å². The van der Waals surface area contributed by atoms with Gasteiger partial charge in [0.1, 0.15) is 33.8 Å². The molecule has 5 rings (SSSR count). The number of fused-ring (bicyclic) bond motifs is 1. The van der Waals surface area contributed by atoms with Crippen LogP contribution in [0.4, 0.5) is 28.2 Å². The van der Waals surface area contributed by atoms with Crippen LogP contribution >= 0.6 is 0 Å². The molecule has 1 atom stereocenters. The van der Waals surface area contributed by atoms with Gasteiger partial charge in [0, 0.05) is 28.9 Å². The number of rotatable bonds is 8. The molecule has 252 valence electrons. The molecule has 0 spiro atoms. The van der Waals surface area contributed by atoms with E-state index in [0.717, 1.165) is 29.3 Å². The first-order valence-electron chi connectivity index (χ1n) is 14.2. The van der Waals surface area contributed by atoms with E-state index in [0.29, 0.717) is 0 Å². The van der Waals surface area contributed by atoms with Gasteiger partial charge in [0.25, 0.3) is 0 Å². The maximum atomic E-state index is 15.8. The molecule has 0 fully saturated rings. The van der Waals surface area contributed by atoms with Crippen molar-refractivity contribution < 1.29 is 45.4 Å². The minimum atomic E-state index is -4.68. The summed E-state index contributed by atoms with van der Waals surface area (Å²) in [4.78, 5) is 28.0. The fraction of sp³-hybridized carbons (Fsp3) is 0.250. The molecule has 0 radical (unpaired) electrons. The second kappa shape index (κ2) is 12.8. The molecule has 16 heteroatoms. The van der Waals surface area contributed by atoms with Crippen LogP contribution in [0.15, 0.2) is 83.0 Å². The molecule has 5 aromatic rings. The second-order valence-corrected chi connectivity index (χ2v) is 13.4. The molecule has 0 aliphatic heterocycles. The van der Waals surface area contributed by atoms with Crippen LogP contribution in [0, 0.1) is 5.95 Å². The maximum Gasteiger partial charge on any atom is 0.433 e. The van der Waals surface area contributed by atoms with Crippen LogP contribution in [0.1, 0.15) is 49.3 Å². The van der Waals surface area contributed by atoms with E-state index in [1.54, 1.807) is 39.0 Å². The number of nitrogens with one attached hydrogen (secondary N) is 1. The minimum Gasteiger partial charge on any atom is -0.494 e. The number of nitrogens with zero attached hydrogens (tertiary/aromatic N) is 4. The molecule has 2 N–H and O–H groups in total. The van der Waals surface area contributed by atoms with Crippen LogP contribution in [0.2, 0.25) is 0 Å². The third-order valence-electron chi connectivity index (χ3n) is 6.99. The Hall–Kier alpha value is -5.09. The number of aromatic amines is 1. The number of methoxy groups -OCH3 is 1. The molecule has 4 heterocycles. The van der Waals surface area contributed by atoms with Crippen LogP contribution in [-0.4, -0.2) is 52.3 Å². The van der Waals surface area contributed by atoms with Gasteiger partial charge in [0.05, 0.1) is 24.7 Å². The van der Waals surface area contributed by atoms with Crippen LogP contribution < -0.4 is 9.64 Å². The lowest BCUT2D eigenvalue weighted by Gasteiger charge is -2.27. The zero-order valence-electron chi connectivity index (χ0n) is 25.9. The van der Waals surface area contributed by atoms with E-state index in [1.807, 2.05) is 0 Å². The van der Waals surface area contributed by atoms with Gasteiger partial charge in [-0.25, -0.2) is 23.2 Å². The number of carbonyl (C=O) groups is 1. The van der Waals surface area contributed by atoms with E-state index < -0.39 is 45.5 Å². The van der Waals surface area contributed by atoms with E-state index in [-0.39, 0.29) is 55.6 Å². The van der Waals surface area contributed by atoms with Crippen molar-refractivity contribution in [2.24, 2.45) is 0 Å². The topological polar surface area (TPSA) is 148 Å². The number of hydrogen-bond acceptors (Lipinski definition) is 9. The number of hydrogen-bond donors (Lipinski definition) is 2. The zero-order chi connectivity index (χ0) is 35.0. The first kappa shape index (κ1) is 34.3. The SMILES string of the molecule is COc1cnc2[nH]cc(C(O)c3ccc(N(Cc4ccc(C(F)(F)F)nc4)C(=O)OC(C)(C)C)nc3F)c2c1S(=O)(=O)c1ccccc1. The molecule has 0 saturated heterocycles. The summed E-state index contributed by atoms with van der Waals surface area (Å²) in [7, 11) is -2.98. The highest BCUT2D eigenvalue weighted by Gasteiger charge is 2.34. The molecule has 0 aliphatic carbocycles. The molecular weight excluding hydrogens is 658 g/mol. The number of halogens is 4. The largest absolute Gasteiger partial charge is 0.494 e. The number of ether oxygens (including phenoxy) is 2. The Kier molecular flexibility index (Phi) is 9.16. The number of H-pyrrole nitrogens is 1. The number of alkyl halides is 3. The molecule has 0 saturated carbocycles. The lowest BCUT2D eigenvalue weighted by Crippen LogP contribution is -2.37. The number of aliphatic hydroxyl groups is 1. The predicted octanol–water partition coefficient (Wildman–Crippen LogP) is 6.38. The molecule has 0 aliphatic rings. The van der Waals surface area contributed by atoms with Crippen molar-refractivity contribution in [2.45, 2.75) is 55.0 Å². The van der Waals surface area contributed by atoms with Gasteiger partial charge in [0.15, 0.2) is 5.75 Å².